The molecule has 0 amide bonds. The molecule has 0 saturated heterocycles. The van der Waals surface area contributed by atoms with Crippen LogP contribution in [0.1, 0.15) is 36.0 Å². The molecule has 4 N–H and O–H groups in total. The monoisotopic (exact) mass is 264 g/mol. The lowest BCUT2D eigenvalue weighted by Gasteiger charge is -2.40. The van der Waals surface area contributed by atoms with Gasteiger partial charge in [-0.2, -0.15) is 0 Å². The first-order chi connectivity index (χ1) is 9.13. The van der Waals surface area contributed by atoms with Crippen LogP contribution in [0.4, 0.5) is 11.4 Å². The molecule has 104 valence electrons. The molecule has 1 aliphatic carbocycles. The molecule has 0 heterocycles. The Morgan fingerprint density at radius 3 is 2.68 bits per heavy atom. The number of anilines is 2. The summed E-state index contributed by atoms with van der Waals surface area (Å²) in [6, 6.07) is 5.21. The minimum absolute atomic E-state index is 0.127. The zero-order valence-electron chi connectivity index (χ0n) is 10.9. The highest BCUT2D eigenvalue weighted by Crippen LogP contribution is 2.33. The smallest absolute Gasteiger partial charge is 0.335 e. The summed E-state index contributed by atoms with van der Waals surface area (Å²) in [5.74, 6) is -0.947. The number of aliphatic hydroxyl groups excluding tert-OH is 1. The summed E-state index contributed by atoms with van der Waals surface area (Å²) in [6.07, 6.45) is 4.05. The Morgan fingerprint density at radius 1 is 1.42 bits per heavy atom. The summed E-state index contributed by atoms with van der Waals surface area (Å²) in [4.78, 5) is 13.2. The number of nitrogens with two attached hydrogens (primary N) is 1. The predicted molar refractivity (Wildman–Crippen MR) is 74.5 cm³/mol. The molecule has 1 saturated carbocycles. The number of carbonyl (C=O) groups is 1. The van der Waals surface area contributed by atoms with E-state index in [1.807, 2.05) is 0 Å². The molecule has 0 aliphatic heterocycles. The molecule has 1 aromatic rings. The molecule has 19 heavy (non-hydrogen) atoms. The lowest BCUT2D eigenvalue weighted by Crippen LogP contribution is -2.41. The van der Waals surface area contributed by atoms with Crippen LogP contribution in [0.15, 0.2) is 18.2 Å². The van der Waals surface area contributed by atoms with Crippen LogP contribution in [0, 0.1) is 0 Å². The molecule has 0 radical (unpaired) electrons. The van der Waals surface area contributed by atoms with Gasteiger partial charge < -0.3 is 20.8 Å². The first kappa shape index (κ1) is 13.7. The molecule has 1 aliphatic rings. The van der Waals surface area contributed by atoms with Crippen LogP contribution in [-0.2, 0) is 0 Å². The summed E-state index contributed by atoms with van der Waals surface area (Å²) in [7, 11) is 0. The second-order valence-electron chi connectivity index (χ2n) is 4.93. The van der Waals surface area contributed by atoms with Gasteiger partial charge in [-0.05, 0) is 43.9 Å². The molecule has 0 spiro atoms. The second-order valence-corrected chi connectivity index (χ2v) is 4.93. The van der Waals surface area contributed by atoms with E-state index in [1.54, 1.807) is 12.1 Å². The Hall–Kier alpha value is -1.75. The van der Waals surface area contributed by atoms with Crippen molar-refractivity contribution in [1.29, 1.82) is 0 Å². The van der Waals surface area contributed by atoms with Gasteiger partial charge in [-0.15, -0.1) is 0 Å². The van der Waals surface area contributed by atoms with Gasteiger partial charge in [-0.1, -0.05) is 0 Å². The minimum Gasteiger partial charge on any atom is -0.478 e. The molecule has 5 heteroatoms. The molecule has 0 bridgehead atoms. The number of benzene rings is 1. The summed E-state index contributed by atoms with van der Waals surface area (Å²) in [5.41, 5.74) is 7.60. The standard InChI is InChI=1S/C14H20N2O3/c15-12-6-5-10(14(18)19)9-13(12)16(7-2-8-17)11-3-1-4-11/h5-6,9,11,17H,1-4,7-8,15H2,(H,18,19). The van der Waals surface area contributed by atoms with Crippen molar-refractivity contribution in [1.82, 2.24) is 0 Å². The van der Waals surface area contributed by atoms with E-state index in [9.17, 15) is 4.79 Å². The highest BCUT2D eigenvalue weighted by molar-refractivity contribution is 5.90. The zero-order chi connectivity index (χ0) is 13.8. The van der Waals surface area contributed by atoms with E-state index in [2.05, 4.69) is 4.90 Å². The molecule has 0 unspecified atom stereocenters. The van der Waals surface area contributed by atoms with Gasteiger partial charge in [0.2, 0.25) is 0 Å². The largest absolute Gasteiger partial charge is 0.478 e. The highest BCUT2D eigenvalue weighted by atomic mass is 16.4. The molecular weight excluding hydrogens is 244 g/mol. The van der Waals surface area contributed by atoms with Crippen LogP contribution >= 0.6 is 0 Å². The van der Waals surface area contributed by atoms with Crippen molar-refractivity contribution in [3.63, 3.8) is 0 Å². The Morgan fingerprint density at radius 2 is 2.16 bits per heavy atom. The Balaban J connectivity index is 2.28. The van der Waals surface area contributed by atoms with Gasteiger partial charge >= 0.3 is 5.97 Å². The minimum atomic E-state index is -0.947. The van der Waals surface area contributed by atoms with E-state index < -0.39 is 5.97 Å². The van der Waals surface area contributed by atoms with E-state index >= 15 is 0 Å². The van der Waals surface area contributed by atoms with Crippen LogP contribution < -0.4 is 10.6 Å². The lowest BCUT2D eigenvalue weighted by molar-refractivity contribution is 0.0697. The quantitative estimate of drug-likeness (QED) is 0.681. The van der Waals surface area contributed by atoms with Crippen molar-refractivity contribution in [2.24, 2.45) is 0 Å². The van der Waals surface area contributed by atoms with Crippen LogP contribution in [0.25, 0.3) is 0 Å². The van der Waals surface area contributed by atoms with E-state index in [0.29, 0.717) is 24.7 Å². The number of hydrogen-bond acceptors (Lipinski definition) is 4. The predicted octanol–water partition coefficient (Wildman–Crippen LogP) is 1.71. The Kier molecular flexibility index (Phi) is 4.27. The molecule has 5 nitrogen and oxygen atoms in total. The van der Waals surface area contributed by atoms with Crippen molar-refractivity contribution in [2.45, 2.75) is 31.7 Å². The SMILES string of the molecule is Nc1ccc(C(=O)O)cc1N(CCCO)C1CCC1. The first-order valence-electron chi connectivity index (χ1n) is 6.64. The summed E-state index contributed by atoms with van der Waals surface area (Å²) >= 11 is 0. The maximum atomic E-state index is 11.1. The van der Waals surface area contributed by atoms with Crippen molar-refractivity contribution in [3.05, 3.63) is 23.8 Å². The maximum Gasteiger partial charge on any atom is 0.335 e. The fourth-order valence-electron chi connectivity index (χ4n) is 2.36. The fraction of sp³-hybridized carbons (Fsp3) is 0.500. The number of nitrogens with zero attached hydrogens (tertiary/aromatic N) is 1. The first-order valence-corrected chi connectivity index (χ1v) is 6.64. The average Bonchev–Trinajstić information content (AvgIpc) is 2.32. The van der Waals surface area contributed by atoms with Gasteiger partial charge in [-0.25, -0.2) is 4.79 Å². The average molecular weight is 264 g/mol. The number of rotatable bonds is 6. The van der Waals surface area contributed by atoms with Crippen molar-refractivity contribution in [3.8, 4) is 0 Å². The molecule has 2 rings (SSSR count). The number of carboxylic acids is 1. The third kappa shape index (κ3) is 2.98. The van der Waals surface area contributed by atoms with Gasteiger partial charge in [0.25, 0.3) is 0 Å². The van der Waals surface area contributed by atoms with E-state index in [0.717, 1.165) is 18.5 Å². The Labute approximate surface area is 112 Å². The van der Waals surface area contributed by atoms with Gasteiger partial charge in [-0.3, -0.25) is 0 Å². The third-order valence-corrected chi connectivity index (χ3v) is 3.66. The normalized spacial score (nSPS) is 15.0. The summed E-state index contributed by atoms with van der Waals surface area (Å²) < 4.78 is 0. The van der Waals surface area contributed by atoms with Crippen LogP contribution in [0.2, 0.25) is 0 Å². The molecule has 1 aromatic carbocycles. The van der Waals surface area contributed by atoms with Gasteiger partial charge in [0.15, 0.2) is 0 Å². The van der Waals surface area contributed by atoms with Crippen molar-refractivity contribution in [2.75, 3.05) is 23.8 Å². The summed E-state index contributed by atoms with van der Waals surface area (Å²) in [5, 5.41) is 18.1. The topological polar surface area (TPSA) is 86.8 Å². The van der Waals surface area contributed by atoms with Crippen LogP contribution in [-0.4, -0.2) is 35.4 Å². The third-order valence-electron chi connectivity index (χ3n) is 3.66. The lowest BCUT2D eigenvalue weighted by atomic mass is 9.90. The number of hydrogen-bond donors (Lipinski definition) is 3. The van der Waals surface area contributed by atoms with E-state index in [4.69, 9.17) is 15.9 Å². The Bertz CT molecular complexity index is 458. The van der Waals surface area contributed by atoms with Crippen molar-refractivity contribution < 1.29 is 15.0 Å². The van der Waals surface area contributed by atoms with Crippen LogP contribution in [0.3, 0.4) is 0 Å². The van der Waals surface area contributed by atoms with E-state index in [1.165, 1.54) is 12.5 Å². The fourth-order valence-corrected chi connectivity index (χ4v) is 2.36. The molecular formula is C14H20N2O3. The van der Waals surface area contributed by atoms with Crippen molar-refractivity contribution >= 4 is 17.3 Å². The number of aliphatic hydroxyl groups is 1. The molecule has 0 atom stereocenters. The summed E-state index contributed by atoms with van der Waals surface area (Å²) in [6.45, 7) is 0.830. The highest BCUT2D eigenvalue weighted by Gasteiger charge is 2.26. The molecule has 0 aromatic heterocycles. The second kappa shape index (κ2) is 5.93. The van der Waals surface area contributed by atoms with Crippen LogP contribution in [0.5, 0.6) is 0 Å². The number of nitrogen functional groups attached to an aromatic ring is 1. The number of aromatic carboxylic acids is 1. The van der Waals surface area contributed by atoms with Gasteiger partial charge in [0.05, 0.1) is 16.9 Å². The number of carboxylic acid groups (broad SMARTS) is 1. The van der Waals surface area contributed by atoms with E-state index in [-0.39, 0.29) is 12.2 Å². The maximum absolute atomic E-state index is 11.1. The zero-order valence-corrected chi connectivity index (χ0v) is 10.9. The van der Waals surface area contributed by atoms with Gasteiger partial charge in [0, 0.05) is 19.2 Å². The molecule has 1 fully saturated rings. The van der Waals surface area contributed by atoms with Gasteiger partial charge in [0.1, 0.15) is 0 Å².